The lowest BCUT2D eigenvalue weighted by molar-refractivity contribution is -0.137. The van der Waals surface area contributed by atoms with Gasteiger partial charge in [-0.3, -0.25) is 28.8 Å². The Kier molecular flexibility index (Phi) is 6.72. The maximum Gasteiger partial charge on any atom is 0.329 e. The number of aliphatic carboxylic acids is 1. The second kappa shape index (κ2) is 9.44. The normalized spacial score (nSPS) is 16.2. The molecule has 158 valence electrons. The Bertz CT molecular complexity index is 1100. The molecule has 2 aromatic rings. The third-order valence-electron chi connectivity index (χ3n) is 5.29. The molecule has 1 aliphatic heterocycles. The molecule has 1 aromatic carbocycles. The number of piperidine rings is 1. The average Bonchev–Trinajstić information content (AvgIpc) is 2.95. The monoisotopic (exact) mass is 411 g/mol. The minimum Gasteiger partial charge on any atom is -0.481 e. The van der Waals surface area contributed by atoms with Gasteiger partial charge in [-0.1, -0.05) is 30.7 Å². The number of nitrogens with one attached hydrogen (secondary N) is 1. The molecule has 0 bridgehead atoms. The molecule has 2 heterocycles. The van der Waals surface area contributed by atoms with E-state index in [9.17, 15) is 19.2 Å². The number of carboxylic acids is 1. The van der Waals surface area contributed by atoms with Crippen molar-refractivity contribution in [3.8, 4) is 11.8 Å². The summed E-state index contributed by atoms with van der Waals surface area (Å²) in [5.41, 5.74) is 1.69. The van der Waals surface area contributed by atoms with Crippen molar-refractivity contribution < 1.29 is 19.5 Å². The largest absolute Gasteiger partial charge is 0.481 e. The van der Waals surface area contributed by atoms with E-state index in [0.717, 1.165) is 19.3 Å². The maximum atomic E-state index is 12.9. The lowest BCUT2D eigenvalue weighted by Gasteiger charge is -2.21. The van der Waals surface area contributed by atoms with Gasteiger partial charge in [0, 0.05) is 26.3 Å². The number of para-hydroxylation sites is 1. The van der Waals surface area contributed by atoms with Gasteiger partial charge in [0.2, 0.25) is 11.8 Å². The summed E-state index contributed by atoms with van der Waals surface area (Å²) >= 11 is 0. The first-order valence-corrected chi connectivity index (χ1v) is 10.1. The van der Waals surface area contributed by atoms with Gasteiger partial charge in [0.15, 0.2) is 0 Å². The standard InChI is InChI=1S/C22H25N3O5/c1-24-20-15(9-6-4-2-3-5-7-12-19(27)28)10-8-11-16(20)25(22(24)30)17-13-14-18(26)23-21(17)29/h8,10-11,17H,2-5,7,12-14H2,1H3,(H,27,28)(H,23,26,29). The Morgan fingerprint density at radius 3 is 2.70 bits per heavy atom. The molecule has 2 N–H and O–H groups in total. The fourth-order valence-electron chi connectivity index (χ4n) is 3.77. The molecule has 0 spiro atoms. The van der Waals surface area contributed by atoms with E-state index >= 15 is 0 Å². The van der Waals surface area contributed by atoms with Crippen LogP contribution < -0.4 is 11.0 Å². The molecule has 1 atom stereocenters. The first-order chi connectivity index (χ1) is 14.4. The van der Waals surface area contributed by atoms with Crippen LogP contribution in [0.1, 0.15) is 63.0 Å². The minimum atomic E-state index is -0.766. The highest BCUT2D eigenvalue weighted by molar-refractivity contribution is 6.00. The van der Waals surface area contributed by atoms with Gasteiger partial charge in [-0.05, 0) is 31.4 Å². The highest BCUT2D eigenvalue weighted by Gasteiger charge is 2.31. The maximum absolute atomic E-state index is 12.9. The second-order valence-corrected chi connectivity index (χ2v) is 7.46. The van der Waals surface area contributed by atoms with Crippen LogP contribution in [0, 0.1) is 11.8 Å². The van der Waals surface area contributed by atoms with Crippen LogP contribution in [0.4, 0.5) is 0 Å². The number of aryl methyl sites for hydroxylation is 1. The van der Waals surface area contributed by atoms with Crippen molar-refractivity contribution in [2.45, 2.75) is 57.4 Å². The number of aromatic nitrogens is 2. The third-order valence-corrected chi connectivity index (χ3v) is 5.29. The van der Waals surface area contributed by atoms with E-state index in [1.54, 1.807) is 19.2 Å². The van der Waals surface area contributed by atoms with Gasteiger partial charge in [0.25, 0.3) is 0 Å². The number of rotatable bonds is 7. The first kappa shape index (κ1) is 21.4. The summed E-state index contributed by atoms with van der Waals surface area (Å²) in [6, 6.07) is 4.72. The molecule has 1 aromatic heterocycles. The van der Waals surface area contributed by atoms with Gasteiger partial charge >= 0.3 is 11.7 Å². The number of amides is 2. The fourth-order valence-corrected chi connectivity index (χ4v) is 3.77. The Balaban J connectivity index is 1.77. The molecule has 1 aliphatic rings. The molecular weight excluding hydrogens is 386 g/mol. The van der Waals surface area contributed by atoms with Crippen molar-refractivity contribution >= 4 is 28.8 Å². The predicted octanol–water partition coefficient (Wildman–Crippen LogP) is 2.09. The van der Waals surface area contributed by atoms with Crippen LogP contribution >= 0.6 is 0 Å². The van der Waals surface area contributed by atoms with Crippen LogP contribution in [0.15, 0.2) is 23.0 Å². The van der Waals surface area contributed by atoms with Crippen LogP contribution in [-0.2, 0) is 21.4 Å². The number of carbonyl (C=O) groups is 3. The molecule has 3 rings (SSSR count). The number of hydrogen-bond donors (Lipinski definition) is 2. The van der Waals surface area contributed by atoms with Gasteiger partial charge in [-0.15, -0.1) is 0 Å². The molecule has 8 nitrogen and oxygen atoms in total. The number of nitrogens with zero attached hydrogens (tertiary/aromatic N) is 2. The van der Waals surface area contributed by atoms with E-state index in [-0.39, 0.29) is 24.4 Å². The Morgan fingerprint density at radius 1 is 1.20 bits per heavy atom. The zero-order valence-electron chi connectivity index (χ0n) is 16.9. The van der Waals surface area contributed by atoms with E-state index in [1.165, 1.54) is 9.13 Å². The summed E-state index contributed by atoms with van der Waals surface area (Å²) in [6.07, 6.45) is 4.74. The molecule has 0 aliphatic carbocycles. The van der Waals surface area contributed by atoms with Crippen molar-refractivity contribution in [2.75, 3.05) is 0 Å². The Morgan fingerprint density at radius 2 is 1.97 bits per heavy atom. The second-order valence-electron chi connectivity index (χ2n) is 7.46. The molecular formula is C22H25N3O5. The van der Waals surface area contributed by atoms with Crippen LogP contribution in [0.25, 0.3) is 11.0 Å². The number of imide groups is 1. The fraction of sp³-hybridized carbons (Fsp3) is 0.455. The molecule has 0 saturated carbocycles. The first-order valence-electron chi connectivity index (χ1n) is 10.1. The Hall–Kier alpha value is -3.34. The number of fused-ring (bicyclic) bond motifs is 1. The summed E-state index contributed by atoms with van der Waals surface area (Å²) in [5, 5.41) is 10.9. The SMILES string of the molecule is Cn1c(=O)n(C2CCC(=O)NC2=O)c2cccc(C#CCCCCCCC(=O)O)c21. The van der Waals surface area contributed by atoms with Gasteiger partial charge in [0.05, 0.1) is 16.6 Å². The van der Waals surface area contributed by atoms with Crippen molar-refractivity contribution in [2.24, 2.45) is 7.05 Å². The molecule has 1 unspecified atom stereocenters. The van der Waals surface area contributed by atoms with Crippen molar-refractivity contribution in [3.63, 3.8) is 0 Å². The van der Waals surface area contributed by atoms with Gasteiger partial charge < -0.3 is 5.11 Å². The summed E-state index contributed by atoms with van der Waals surface area (Å²) in [7, 11) is 1.65. The highest BCUT2D eigenvalue weighted by atomic mass is 16.4. The number of carboxylic acid groups (broad SMARTS) is 1. The van der Waals surface area contributed by atoms with E-state index in [1.807, 2.05) is 6.07 Å². The quantitative estimate of drug-likeness (QED) is 0.412. The molecule has 30 heavy (non-hydrogen) atoms. The molecule has 1 fully saturated rings. The van der Waals surface area contributed by atoms with Crippen molar-refractivity contribution in [1.29, 1.82) is 0 Å². The zero-order valence-corrected chi connectivity index (χ0v) is 16.9. The molecule has 1 saturated heterocycles. The minimum absolute atomic E-state index is 0.200. The topological polar surface area (TPSA) is 110 Å². The van der Waals surface area contributed by atoms with Crippen LogP contribution in [0.3, 0.4) is 0 Å². The molecule has 0 radical (unpaired) electrons. The molecule has 8 heteroatoms. The lowest BCUT2D eigenvalue weighted by Crippen LogP contribution is -2.44. The summed E-state index contributed by atoms with van der Waals surface area (Å²) in [4.78, 5) is 47.1. The van der Waals surface area contributed by atoms with E-state index in [2.05, 4.69) is 17.2 Å². The smallest absolute Gasteiger partial charge is 0.329 e. The number of benzene rings is 1. The van der Waals surface area contributed by atoms with Gasteiger partial charge in [-0.2, -0.15) is 0 Å². The summed E-state index contributed by atoms with van der Waals surface area (Å²) in [6.45, 7) is 0. The third kappa shape index (κ3) is 4.62. The average molecular weight is 411 g/mol. The highest BCUT2D eigenvalue weighted by Crippen LogP contribution is 2.24. The van der Waals surface area contributed by atoms with Gasteiger partial charge in [0.1, 0.15) is 6.04 Å². The predicted molar refractivity (Wildman–Crippen MR) is 111 cm³/mol. The summed E-state index contributed by atoms with van der Waals surface area (Å²) in [5.74, 6) is 4.71. The van der Waals surface area contributed by atoms with Crippen LogP contribution in [-0.4, -0.2) is 32.0 Å². The zero-order chi connectivity index (χ0) is 21.7. The molecule has 2 amide bonds. The summed E-state index contributed by atoms with van der Waals surface area (Å²) < 4.78 is 2.94. The van der Waals surface area contributed by atoms with Crippen LogP contribution in [0.2, 0.25) is 0 Å². The van der Waals surface area contributed by atoms with Crippen LogP contribution in [0.5, 0.6) is 0 Å². The van der Waals surface area contributed by atoms with E-state index < -0.39 is 17.9 Å². The van der Waals surface area contributed by atoms with Gasteiger partial charge in [-0.25, -0.2) is 4.79 Å². The van der Waals surface area contributed by atoms with E-state index in [4.69, 9.17) is 5.11 Å². The van der Waals surface area contributed by atoms with Crippen molar-refractivity contribution in [3.05, 3.63) is 34.2 Å². The van der Waals surface area contributed by atoms with E-state index in [0.29, 0.717) is 35.9 Å². The number of imidazole rings is 1. The lowest BCUT2D eigenvalue weighted by atomic mass is 10.1. The number of hydrogen-bond acceptors (Lipinski definition) is 4. The van der Waals surface area contributed by atoms with Crippen molar-refractivity contribution in [1.82, 2.24) is 14.5 Å². The Labute approximate surface area is 173 Å². The number of unbranched alkanes of at least 4 members (excludes halogenated alkanes) is 4. The number of carbonyl (C=O) groups excluding carboxylic acids is 2.